The van der Waals surface area contributed by atoms with Gasteiger partial charge in [0.05, 0.1) is 0 Å². The third-order valence-electron chi connectivity index (χ3n) is 2.79. The van der Waals surface area contributed by atoms with Crippen LogP contribution in [0.2, 0.25) is 0 Å². The molecule has 0 bridgehead atoms. The van der Waals surface area contributed by atoms with Gasteiger partial charge in [-0.3, -0.25) is 9.59 Å². The van der Waals surface area contributed by atoms with Gasteiger partial charge >= 0.3 is 5.97 Å². The molecule has 0 aromatic rings. The first kappa shape index (κ1) is 11.3. The predicted molar refractivity (Wildman–Crippen MR) is 57.1 cm³/mol. The second kappa shape index (κ2) is 4.32. The van der Waals surface area contributed by atoms with Crippen LogP contribution < -0.4 is 5.32 Å². The summed E-state index contributed by atoms with van der Waals surface area (Å²) in [6.45, 7) is 0.465. The number of carbonyl (C=O) groups is 3. The fourth-order valence-electron chi connectivity index (χ4n) is 2.01. The molecule has 2 heterocycles. The number of amides is 2. The lowest BCUT2D eigenvalue weighted by atomic mass is 10.2. The van der Waals surface area contributed by atoms with Gasteiger partial charge in [-0.15, -0.1) is 0 Å². The smallest absolute Gasteiger partial charge is 0.326 e. The fourth-order valence-corrected chi connectivity index (χ4v) is 2.77. The van der Waals surface area contributed by atoms with E-state index in [0.717, 1.165) is 11.8 Å². The van der Waals surface area contributed by atoms with Gasteiger partial charge in [-0.1, -0.05) is 11.8 Å². The maximum absolute atomic E-state index is 11.9. The van der Waals surface area contributed by atoms with Crippen LogP contribution in [0.1, 0.15) is 12.8 Å². The van der Waals surface area contributed by atoms with Crippen molar-refractivity contribution >= 4 is 28.9 Å². The summed E-state index contributed by atoms with van der Waals surface area (Å²) in [6, 6.07) is -1.28. The van der Waals surface area contributed by atoms with Crippen LogP contribution in [-0.4, -0.2) is 51.5 Å². The number of rotatable bonds is 2. The molecule has 6 nitrogen and oxygen atoms in total. The highest BCUT2D eigenvalue weighted by molar-refractivity contribution is 8.14. The van der Waals surface area contributed by atoms with Gasteiger partial charge in [0.25, 0.3) is 5.24 Å². The van der Waals surface area contributed by atoms with Crippen molar-refractivity contribution in [3.05, 3.63) is 0 Å². The van der Waals surface area contributed by atoms with Crippen molar-refractivity contribution in [2.75, 3.05) is 12.3 Å². The second-order valence-corrected chi connectivity index (χ2v) is 4.82. The molecular weight excluding hydrogens is 232 g/mol. The average Bonchev–Trinajstić information content (AvgIpc) is 2.84. The lowest BCUT2D eigenvalue weighted by molar-refractivity contribution is -0.148. The molecule has 0 radical (unpaired) electrons. The minimum Gasteiger partial charge on any atom is -0.480 e. The number of thioether (sulfide) groups is 1. The maximum atomic E-state index is 11.9. The number of nitrogens with zero attached hydrogens (tertiary/aromatic N) is 1. The highest BCUT2D eigenvalue weighted by atomic mass is 32.2. The summed E-state index contributed by atoms with van der Waals surface area (Å²) >= 11 is 1.06. The van der Waals surface area contributed by atoms with Gasteiger partial charge in [0, 0.05) is 12.3 Å². The third-order valence-corrected chi connectivity index (χ3v) is 3.67. The average molecular weight is 244 g/mol. The van der Waals surface area contributed by atoms with E-state index in [0.29, 0.717) is 25.1 Å². The van der Waals surface area contributed by atoms with E-state index in [-0.39, 0.29) is 11.1 Å². The monoisotopic (exact) mass is 244 g/mol. The largest absolute Gasteiger partial charge is 0.480 e. The maximum Gasteiger partial charge on any atom is 0.326 e. The molecule has 0 unspecified atom stereocenters. The van der Waals surface area contributed by atoms with Crippen LogP contribution in [0.25, 0.3) is 0 Å². The number of hydrogen-bond donors (Lipinski definition) is 2. The van der Waals surface area contributed by atoms with Crippen LogP contribution in [0.5, 0.6) is 0 Å². The molecule has 7 heteroatoms. The number of carboxylic acid groups (broad SMARTS) is 1. The van der Waals surface area contributed by atoms with E-state index in [4.69, 9.17) is 5.11 Å². The zero-order chi connectivity index (χ0) is 11.7. The van der Waals surface area contributed by atoms with Gasteiger partial charge in [0.15, 0.2) is 0 Å². The van der Waals surface area contributed by atoms with E-state index in [9.17, 15) is 14.4 Å². The predicted octanol–water partition coefficient (Wildman–Crippen LogP) is -0.113. The first-order valence-corrected chi connectivity index (χ1v) is 6.04. The Morgan fingerprint density at radius 3 is 2.81 bits per heavy atom. The van der Waals surface area contributed by atoms with Gasteiger partial charge in [-0.2, -0.15) is 0 Å². The Bertz CT molecular complexity index is 346. The van der Waals surface area contributed by atoms with Crippen LogP contribution in [0, 0.1) is 0 Å². The van der Waals surface area contributed by atoms with Gasteiger partial charge in [0.1, 0.15) is 12.1 Å². The van der Waals surface area contributed by atoms with Crippen LogP contribution in [-0.2, 0) is 9.59 Å². The van der Waals surface area contributed by atoms with Crippen LogP contribution >= 0.6 is 11.8 Å². The number of aliphatic carboxylic acids is 1. The Kier molecular flexibility index (Phi) is 3.04. The molecule has 0 aliphatic carbocycles. The van der Waals surface area contributed by atoms with E-state index in [1.165, 1.54) is 4.90 Å². The molecule has 2 aliphatic rings. The number of hydrogen-bond acceptors (Lipinski definition) is 4. The molecule has 2 aliphatic heterocycles. The Morgan fingerprint density at radius 1 is 1.50 bits per heavy atom. The molecule has 0 saturated carbocycles. The Morgan fingerprint density at radius 2 is 2.25 bits per heavy atom. The highest BCUT2D eigenvalue weighted by Crippen LogP contribution is 2.21. The Labute approximate surface area is 96.4 Å². The number of nitrogens with one attached hydrogen (secondary N) is 1. The third kappa shape index (κ3) is 1.99. The molecule has 0 spiro atoms. The van der Waals surface area contributed by atoms with Crippen molar-refractivity contribution in [3.63, 3.8) is 0 Å². The highest BCUT2D eigenvalue weighted by Gasteiger charge is 2.39. The summed E-state index contributed by atoms with van der Waals surface area (Å²) in [5, 5.41) is 11.3. The van der Waals surface area contributed by atoms with Crippen molar-refractivity contribution in [3.8, 4) is 0 Å². The minimum atomic E-state index is -0.970. The molecule has 2 saturated heterocycles. The van der Waals surface area contributed by atoms with Gasteiger partial charge in [-0.05, 0) is 12.8 Å². The molecule has 0 aromatic heterocycles. The lowest BCUT2D eigenvalue weighted by Crippen LogP contribution is -2.49. The van der Waals surface area contributed by atoms with Crippen molar-refractivity contribution in [2.45, 2.75) is 24.9 Å². The first-order chi connectivity index (χ1) is 7.59. The van der Waals surface area contributed by atoms with E-state index in [1.54, 1.807) is 0 Å². The van der Waals surface area contributed by atoms with E-state index >= 15 is 0 Å². The molecule has 2 rings (SSSR count). The topological polar surface area (TPSA) is 86.7 Å². The summed E-state index contributed by atoms with van der Waals surface area (Å²) in [4.78, 5) is 35.2. The zero-order valence-electron chi connectivity index (χ0n) is 8.51. The molecular formula is C9H12N2O4S. The zero-order valence-corrected chi connectivity index (χ0v) is 9.33. The molecule has 2 N–H and O–H groups in total. The van der Waals surface area contributed by atoms with E-state index < -0.39 is 18.1 Å². The Hall–Kier alpha value is -1.24. The van der Waals surface area contributed by atoms with Crippen molar-refractivity contribution in [1.82, 2.24) is 10.2 Å². The quantitative estimate of drug-likeness (QED) is 0.707. The normalized spacial score (nSPS) is 29.2. The van der Waals surface area contributed by atoms with Crippen molar-refractivity contribution in [2.24, 2.45) is 0 Å². The summed E-state index contributed by atoms with van der Waals surface area (Å²) in [7, 11) is 0. The summed E-state index contributed by atoms with van der Waals surface area (Å²) < 4.78 is 0. The van der Waals surface area contributed by atoms with E-state index in [1.807, 2.05) is 0 Å². The van der Waals surface area contributed by atoms with Crippen LogP contribution in [0.4, 0.5) is 4.79 Å². The number of carbonyl (C=O) groups excluding carboxylic acids is 2. The van der Waals surface area contributed by atoms with Crippen molar-refractivity contribution < 1.29 is 19.5 Å². The molecule has 0 aromatic carbocycles. The first-order valence-electron chi connectivity index (χ1n) is 5.06. The number of likely N-dealkylation sites (tertiary alicyclic amines) is 1. The van der Waals surface area contributed by atoms with Gasteiger partial charge < -0.3 is 15.3 Å². The van der Waals surface area contributed by atoms with E-state index in [2.05, 4.69) is 5.32 Å². The summed E-state index contributed by atoms with van der Waals surface area (Å²) in [6.07, 6.45) is 1.20. The summed E-state index contributed by atoms with van der Waals surface area (Å²) in [5.74, 6) is -0.855. The lowest BCUT2D eigenvalue weighted by Gasteiger charge is -2.24. The fraction of sp³-hybridized carbons (Fsp3) is 0.667. The second-order valence-electron chi connectivity index (χ2n) is 3.82. The molecule has 88 valence electrons. The van der Waals surface area contributed by atoms with Crippen LogP contribution in [0.3, 0.4) is 0 Å². The molecule has 2 atom stereocenters. The van der Waals surface area contributed by atoms with Crippen molar-refractivity contribution in [1.29, 1.82) is 0 Å². The van der Waals surface area contributed by atoms with Gasteiger partial charge in [0.2, 0.25) is 5.91 Å². The molecule has 16 heavy (non-hydrogen) atoms. The molecule has 2 amide bonds. The van der Waals surface area contributed by atoms with Gasteiger partial charge in [-0.25, -0.2) is 4.79 Å². The molecule has 2 fully saturated rings. The Balaban J connectivity index is 2.03. The minimum absolute atomic E-state index is 0.218. The SMILES string of the molecule is O=C1N[C@H](C(=O)N2CCC[C@H]2C(=O)O)CS1. The summed E-state index contributed by atoms with van der Waals surface area (Å²) in [5.41, 5.74) is 0. The standard InChI is InChI=1S/C9H12N2O4S/c12-7(5-4-16-9(15)10-5)11-3-1-2-6(11)8(13)14/h5-6H,1-4H2,(H,10,15)(H,13,14)/t5-,6-/m0/s1. The van der Waals surface area contributed by atoms with Crippen LogP contribution in [0.15, 0.2) is 0 Å². The number of carboxylic acids is 1.